The molecule has 0 aliphatic carbocycles. The number of benzene rings is 3. The van der Waals surface area contributed by atoms with Gasteiger partial charge in [-0.3, -0.25) is 14.1 Å². The quantitative estimate of drug-likeness (QED) is 0.465. The van der Waals surface area contributed by atoms with Crippen LogP contribution in [0.1, 0.15) is 12.5 Å². The Bertz CT molecular complexity index is 1180. The molecule has 1 atom stereocenters. The lowest BCUT2D eigenvalue weighted by Gasteiger charge is -2.17. The van der Waals surface area contributed by atoms with Crippen LogP contribution in [0.15, 0.2) is 83.8 Å². The maximum absolute atomic E-state index is 12.9. The number of thioether (sulfide) groups is 1. The minimum Gasteiger partial charge on any atom is -0.326 e. The van der Waals surface area contributed by atoms with Crippen LogP contribution in [-0.4, -0.2) is 29.7 Å². The Kier molecular flexibility index (Phi) is 7.84. The van der Waals surface area contributed by atoms with Crippen LogP contribution in [0.5, 0.6) is 0 Å². The van der Waals surface area contributed by atoms with Gasteiger partial charge in [0.15, 0.2) is 5.12 Å². The molecule has 3 rings (SSSR count). The van der Waals surface area contributed by atoms with E-state index in [1.807, 2.05) is 54.6 Å². The number of anilines is 1. The number of carbonyl (C=O) groups is 2. The highest BCUT2D eigenvalue weighted by atomic mass is 32.2. The standard InChI is InChI=1S/C24H23NO5S2/c1-17(26)31-16-21(24(27)25-22-11-13-23(14-12-22)32(28,29)30)15-18-7-9-20(10-8-18)19-5-3-2-4-6-19/h2-14,21H,15-16H2,1H3,(H,25,27)(H,28,29,30). The van der Waals surface area contributed by atoms with Crippen LogP contribution < -0.4 is 5.32 Å². The lowest BCUT2D eigenvalue weighted by atomic mass is 9.97. The van der Waals surface area contributed by atoms with Crippen molar-refractivity contribution in [3.8, 4) is 11.1 Å². The van der Waals surface area contributed by atoms with E-state index in [0.717, 1.165) is 28.5 Å². The van der Waals surface area contributed by atoms with Crippen molar-refractivity contribution in [1.82, 2.24) is 0 Å². The Balaban J connectivity index is 1.72. The molecule has 32 heavy (non-hydrogen) atoms. The lowest BCUT2D eigenvalue weighted by molar-refractivity contribution is -0.119. The van der Waals surface area contributed by atoms with Gasteiger partial charge in [0.05, 0.1) is 10.8 Å². The molecule has 6 nitrogen and oxygen atoms in total. The SMILES string of the molecule is CC(=O)SCC(Cc1ccc(-c2ccccc2)cc1)C(=O)Nc1ccc(S(=O)(=O)O)cc1. The van der Waals surface area contributed by atoms with Crippen molar-refractivity contribution in [2.24, 2.45) is 5.92 Å². The van der Waals surface area contributed by atoms with Gasteiger partial charge in [-0.2, -0.15) is 8.42 Å². The number of hydrogen-bond donors (Lipinski definition) is 2. The topological polar surface area (TPSA) is 101 Å². The van der Waals surface area contributed by atoms with Gasteiger partial charge in [-0.1, -0.05) is 66.4 Å². The van der Waals surface area contributed by atoms with E-state index in [-0.39, 0.29) is 15.9 Å². The van der Waals surface area contributed by atoms with Crippen LogP contribution in [0.2, 0.25) is 0 Å². The summed E-state index contributed by atoms with van der Waals surface area (Å²) in [6, 6.07) is 23.2. The van der Waals surface area contributed by atoms with Crippen LogP contribution in [0, 0.1) is 5.92 Å². The first-order valence-electron chi connectivity index (χ1n) is 9.88. The maximum Gasteiger partial charge on any atom is 0.294 e. The van der Waals surface area contributed by atoms with Crippen LogP contribution >= 0.6 is 11.8 Å². The summed E-state index contributed by atoms with van der Waals surface area (Å²) in [6.07, 6.45) is 0.449. The summed E-state index contributed by atoms with van der Waals surface area (Å²) in [6.45, 7) is 1.46. The lowest BCUT2D eigenvalue weighted by Crippen LogP contribution is -2.27. The molecule has 1 amide bonds. The molecule has 0 aromatic heterocycles. The second-order valence-corrected chi connectivity index (χ2v) is 9.87. The minimum atomic E-state index is -4.30. The number of carbonyl (C=O) groups excluding carboxylic acids is 2. The van der Waals surface area contributed by atoms with Crippen LogP contribution in [0.25, 0.3) is 11.1 Å². The molecule has 1 unspecified atom stereocenters. The van der Waals surface area contributed by atoms with E-state index in [4.69, 9.17) is 4.55 Å². The number of hydrogen-bond acceptors (Lipinski definition) is 5. The number of amides is 1. The Hall–Kier alpha value is -2.94. The second-order valence-electron chi connectivity index (χ2n) is 7.26. The largest absolute Gasteiger partial charge is 0.326 e. The third-order valence-corrected chi connectivity index (χ3v) is 6.66. The Morgan fingerprint density at radius 2 is 1.50 bits per heavy atom. The molecule has 8 heteroatoms. The molecule has 2 N–H and O–H groups in total. The molecular formula is C24H23NO5S2. The summed E-state index contributed by atoms with van der Waals surface area (Å²) < 4.78 is 31.4. The molecule has 0 spiro atoms. The van der Waals surface area contributed by atoms with Gasteiger partial charge in [0.2, 0.25) is 5.91 Å². The highest BCUT2D eigenvalue weighted by Crippen LogP contribution is 2.23. The van der Waals surface area contributed by atoms with Crippen molar-refractivity contribution in [3.05, 3.63) is 84.4 Å². The third-order valence-electron chi connectivity index (χ3n) is 4.82. The minimum absolute atomic E-state index is 0.0697. The first-order valence-corrected chi connectivity index (χ1v) is 12.3. The van der Waals surface area contributed by atoms with Crippen LogP contribution in [0.3, 0.4) is 0 Å². The summed E-state index contributed by atoms with van der Waals surface area (Å²) in [5, 5.41) is 2.69. The summed E-state index contributed by atoms with van der Waals surface area (Å²) in [4.78, 5) is 24.1. The third kappa shape index (κ3) is 6.78. The van der Waals surface area contributed by atoms with E-state index in [2.05, 4.69) is 5.32 Å². The zero-order valence-corrected chi connectivity index (χ0v) is 19.0. The first-order chi connectivity index (χ1) is 15.2. The molecule has 3 aromatic rings. The van der Waals surface area contributed by atoms with E-state index < -0.39 is 16.0 Å². The van der Waals surface area contributed by atoms with E-state index in [1.165, 1.54) is 31.2 Å². The maximum atomic E-state index is 12.9. The molecule has 0 heterocycles. The average molecular weight is 470 g/mol. The Labute approximate surface area is 191 Å². The number of rotatable bonds is 8. The van der Waals surface area contributed by atoms with Gasteiger partial charge in [-0.15, -0.1) is 0 Å². The molecule has 166 valence electrons. The van der Waals surface area contributed by atoms with Gasteiger partial charge in [0.25, 0.3) is 10.1 Å². The fraction of sp³-hybridized carbons (Fsp3) is 0.167. The van der Waals surface area contributed by atoms with Crippen LogP contribution in [-0.2, 0) is 26.1 Å². The first kappa shape index (κ1) is 23.7. The van der Waals surface area contributed by atoms with Crippen LogP contribution in [0.4, 0.5) is 5.69 Å². The molecule has 0 saturated carbocycles. The van der Waals surface area contributed by atoms with E-state index in [9.17, 15) is 18.0 Å². The summed E-state index contributed by atoms with van der Waals surface area (Å²) >= 11 is 1.09. The van der Waals surface area contributed by atoms with E-state index >= 15 is 0 Å². The Morgan fingerprint density at radius 3 is 2.06 bits per heavy atom. The monoisotopic (exact) mass is 469 g/mol. The van der Waals surface area contributed by atoms with Crippen molar-refractivity contribution in [2.45, 2.75) is 18.2 Å². The summed E-state index contributed by atoms with van der Waals surface area (Å²) in [5.41, 5.74) is 3.55. The van der Waals surface area contributed by atoms with Crippen molar-refractivity contribution in [2.75, 3.05) is 11.1 Å². The van der Waals surface area contributed by atoms with Crippen molar-refractivity contribution in [3.63, 3.8) is 0 Å². The molecule has 3 aromatic carbocycles. The van der Waals surface area contributed by atoms with E-state index in [0.29, 0.717) is 17.9 Å². The summed E-state index contributed by atoms with van der Waals surface area (Å²) in [7, 11) is -4.30. The molecular weight excluding hydrogens is 446 g/mol. The number of nitrogens with one attached hydrogen (secondary N) is 1. The fourth-order valence-electron chi connectivity index (χ4n) is 3.15. The zero-order chi connectivity index (χ0) is 23.1. The predicted molar refractivity (Wildman–Crippen MR) is 127 cm³/mol. The predicted octanol–water partition coefficient (Wildman–Crippen LogP) is 4.68. The van der Waals surface area contributed by atoms with E-state index in [1.54, 1.807) is 0 Å². The highest BCUT2D eigenvalue weighted by Gasteiger charge is 2.21. The fourth-order valence-corrected chi connectivity index (χ4v) is 4.33. The Morgan fingerprint density at radius 1 is 0.906 bits per heavy atom. The van der Waals surface area contributed by atoms with Gasteiger partial charge < -0.3 is 5.32 Å². The second kappa shape index (κ2) is 10.6. The molecule has 0 saturated heterocycles. The molecule has 0 bridgehead atoms. The van der Waals surface area contributed by atoms with Crippen molar-refractivity contribution < 1.29 is 22.6 Å². The molecule has 0 aliphatic heterocycles. The summed E-state index contributed by atoms with van der Waals surface area (Å²) in [5.74, 6) is -0.414. The molecule has 0 fully saturated rings. The highest BCUT2D eigenvalue weighted by molar-refractivity contribution is 8.13. The van der Waals surface area contributed by atoms with Gasteiger partial charge >= 0.3 is 0 Å². The van der Waals surface area contributed by atoms with Gasteiger partial charge in [-0.05, 0) is 47.4 Å². The zero-order valence-electron chi connectivity index (χ0n) is 17.4. The molecule has 0 aliphatic rings. The smallest absolute Gasteiger partial charge is 0.294 e. The van der Waals surface area contributed by atoms with Gasteiger partial charge in [0, 0.05) is 18.4 Å². The van der Waals surface area contributed by atoms with Crippen molar-refractivity contribution >= 4 is 38.6 Å². The van der Waals surface area contributed by atoms with Gasteiger partial charge in [0.1, 0.15) is 0 Å². The normalized spacial score (nSPS) is 12.2. The average Bonchev–Trinajstić information content (AvgIpc) is 2.77. The van der Waals surface area contributed by atoms with Crippen molar-refractivity contribution in [1.29, 1.82) is 0 Å². The molecule has 0 radical (unpaired) electrons. The van der Waals surface area contributed by atoms with Gasteiger partial charge in [-0.25, -0.2) is 0 Å².